The molecule has 1 aliphatic heterocycles. The number of hydrogen-bond donors (Lipinski definition) is 1. The van der Waals surface area contributed by atoms with Crippen LogP contribution in [0.5, 0.6) is 0 Å². The fourth-order valence-corrected chi connectivity index (χ4v) is 3.53. The van der Waals surface area contributed by atoms with Crippen molar-refractivity contribution in [2.75, 3.05) is 11.9 Å². The molecule has 6 nitrogen and oxygen atoms in total. The lowest BCUT2D eigenvalue weighted by Crippen LogP contribution is -2.49. The van der Waals surface area contributed by atoms with Gasteiger partial charge in [-0.2, -0.15) is 5.10 Å². The van der Waals surface area contributed by atoms with E-state index >= 15 is 0 Å². The summed E-state index contributed by atoms with van der Waals surface area (Å²) in [4.78, 5) is 26.4. The largest absolute Gasteiger partial charge is 0.331 e. The number of amides is 2. The number of carbonyl (C=O) groups excluding carboxylic acids is 2. The second-order valence-corrected chi connectivity index (χ2v) is 7.04. The van der Waals surface area contributed by atoms with Crippen LogP contribution in [0, 0.1) is 13.8 Å². The molecule has 1 saturated heterocycles. The number of nitrogens with one attached hydrogen (secondary N) is 1. The number of benzene rings is 1. The van der Waals surface area contributed by atoms with Crippen LogP contribution in [0.2, 0.25) is 0 Å². The third kappa shape index (κ3) is 3.95. The molecule has 1 aromatic heterocycles. The van der Waals surface area contributed by atoms with E-state index in [4.69, 9.17) is 0 Å². The van der Waals surface area contributed by atoms with Gasteiger partial charge in [-0.1, -0.05) is 29.8 Å². The highest BCUT2D eigenvalue weighted by molar-refractivity contribution is 5.97. The minimum absolute atomic E-state index is 0.0464. The van der Waals surface area contributed by atoms with Crippen LogP contribution in [0.3, 0.4) is 0 Å². The van der Waals surface area contributed by atoms with Crippen molar-refractivity contribution in [3.63, 3.8) is 0 Å². The van der Waals surface area contributed by atoms with E-state index < -0.39 is 6.04 Å². The van der Waals surface area contributed by atoms with Crippen molar-refractivity contribution in [2.45, 2.75) is 52.6 Å². The number of rotatable bonds is 4. The number of aryl methyl sites for hydroxylation is 2. The van der Waals surface area contributed by atoms with Gasteiger partial charge in [-0.15, -0.1) is 0 Å². The molecule has 1 unspecified atom stereocenters. The summed E-state index contributed by atoms with van der Waals surface area (Å²) in [5.74, 6) is 0.523. The van der Waals surface area contributed by atoms with Crippen LogP contribution >= 0.6 is 0 Å². The number of anilines is 1. The van der Waals surface area contributed by atoms with Gasteiger partial charge in [0.25, 0.3) is 0 Å². The zero-order chi connectivity index (χ0) is 18.7. The van der Waals surface area contributed by atoms with E-state index in [0.29, 0.717) is 25.3 Å². The van der Waals surface area contributed by atoms with Gasteiger partial charge in [0.05, 0.1) is 12.7 Å². The maximum absolute atomic E-state index is 12.8. The third-order valence-corrected chi connectivity index (χ3v) is 4.89. The summed E-state index contributed by atoms with van der Waals surface area (Å²) in [6.45, 7) is 6.75. The zero-order valence-corrected chi connectivity index (χ0v) is 15.7. The van der Waals surface area contributed by atoms with Crippen LogP contribution in [0.25, 0.3) is 0 Å². The van der Waals surface area contributed by atoms with Gasteiger partial charge in [-0.05, 0) is 38.7 Å². The number of carbonyl (C=O) groups is 2. The number of piperidine rings is 1. The zero-order valence-electron chi connectivity index (χ0n) is 15.7. The standard InChI is InChI=1S/C20H26N4O2/c1-14-7-6-8-17(11-14)13-24-19(15(2)12-21-24)22-20(26)18-9-4-5-10-23(18)16(3)25/h6-8,11-12,18H,4-5,9-10,13H2,1-3H3,(H,22,26). The second kappa shape index (κ2) is 7.72. The normalized spacial score (nSPS) is 17.2. The monoisotopic (exact) mass is 354 g/mol. The quantitative estimate of drug-likeness (QED) is 0.918. The molecule has 0 saturated carbocycles. The molecule has 1 atom stereocenters. The molecule has 0 radical (unpaired) electrons. The van der Waals surface area contributed by atoms with Crippen LogP contribution in [0.1, 0.15) is 42.9 Å². The molecular formula is C20H26N4O2. The Morgan fingerprint density at radius 1 is 1.27 bits per heavy atom. The molecule has 0 bridgehead atoms. The molecular weight excluding hydrogens is 328 g/mol. The molecule has 0 spiro atoms. The minimum atomic E-state index is -0.400. The first-order chi connectivity index (χ1) is 12.5. The van der Waals surface area contributed by atoms with Crippen LogP contribution in [-0.4, -0.2) is 39.1 Å². The maximum Gasteiger partial charge on any atom is 0.248 e. The van der Waals surface area contributed by atoms with Crippen LogP contribution < -0.4 is 5.32 Å². The molecule has 2 amide bonds. The number of hydrogen-bond acceptors (Lipinski definition) is 3. The van der Waals surface area contributed by atoms with E-state index in [1.807, 2.05) is 23.7 Å². The van der Waals surface area contributed by atoms with Crippen molar-refractivity contribution in [3.8, 4) is 0 Å². The second-order valence-electron chi connectivity index (χ2n) is 7.04. The van der Waals surface area contributed by atoms with Crippen molar-refractivity contribution in [3.05, 3.63) is 47.2 Å². The van der Waals surface area contributed by atoms with Crippen LogP contribution in [0.15, 0.2) is 30.5 Å². The first-order valence-corrected chi connectivity index (χ1v) is 9.11. The summed E-state index contributed by atoms with van der Waals surface area (Å²) in [7, 11) is 0. The average molecular weight is 354 g/mol. The Kier molecular flexibility index (Phi) is 5.40. The Balaban J connectivity index is 1.78. The summed E-state index contributed by atoms with van der Waals surface area (Å²) in [5.41, 5.74) is 3.24. The average Bonchev–Trinajstić information content (AvgIpc) is 2.95. The van der Waals surface area contributed by atoms with Gasteiger partial charge in [0.2, 0.25) is 11.8 Å². The highest BCUT2D eigenvalue weighted by Crippen LogP contribution is 2.21. The molecule has 6 heteroatoms. The van der Waals surface area contributed by atoms with Crippen molar-refractivity contribution in [2.24, 2.45) is 0 Å². The van der Waals surface area contributed by atoms with Crippen LogP contribution in [0.4, 0.5) is 5.82 Å². The molecule has 1 aromatic carbocycles. The SMILES string of the molecule is CC(=O)N1CCCCC1C(=O)Nc1c(C)cnn1Cc1cccc(C)c1. The summed E-state index contributed by atoms with van der Waals surface area (Å²) in [5, 5.41) is 7.43. The third-order valence-electron chi connectivity index (χ3n) is 4.89. The molecule has 1 aliphatic rings. The lowest BCUT2D eigenvalue weighted by atomic mass is 10.0. The van der Waals surface area contributed by atoms with Gasteiger partial charge in [-0.3, -0.25) is 9.59 Å². The molecule has 2 aromatic rings. The van der Waals surface area contributed by atoms with Gasteiger partial charge in [0, 0.05) is 19.0 Å². The Morgan fingerprint density at radius 2 is 2.08 bits per heavy atom. The topological polar surface area (TPSA) is 67.2 Å². The summed E-state index contributed by atoms with van der Waals surface area (Å²) < 4.78 is 1.81. The number of likely N-dealkylation sites (tertiary alicyclic amines) is 1. The number of aromatic nitrogens is 2. The fraction of sp³-hybridized carbons (Fsp3) is 0.450. The van der Waals surface area contributed by atoms with Crippen molar-refractivity contribution < 1.29 is 9.59 Å². The molecule has 138 valence electrons. The first kappa shape index (κ1) is 18.2. The molecule has 2 heterocycles. The predicted molar refractivity (Wildman–Crippen MR) is 101 cm³/mol. The van der Waals surface area contributed by atoms with E-state index in [1.54, 1.807) is 11.1 Å². The van der Waals surface area contributed by atoms with E-state index in [0.717, 1.165) is 24.0 Å². The Labute approximate surface area is 154 Å². The van der Waals surface area contributed by atoms with Crippen molar-refractivity contribution >= 4 is 17.6 Å². The number of nitrogens with zero attached hydrogens (tertiary/aromatic N) is 3. The summed E-state index contributed by atoms with van der Waals surface area (Å²) >= 11 is 0. The van der Waals surface area contributed by atoms with E-state index in [-0.39, 0.29) is 11.8 Å². The Morgan fingerprint density at radius 3 is 2.81 bits per heavy atom. The highest BCUT2D eigenvalue weighted by Gasteiger charge is 2.31. The summed E-state index contributed by atoms with van der Waals surface area (Å²) in [6, 6.07) is 7.84. The predicted octanol–water partition coefficient (Wildman–Crippen LogP) is 2.89. The highest BCUT2D eigenvalue weighted by atomic mass is 16.2. The minimum Gasteiger partial charge on any atom is -0.331 e. The van der Waals surface area contributed by atoms with Crippen molar-refractivity contribution in [1.29, 1.82) is 0 Å². The van der Waals surface area contributed by atoms with Gasteiger partial charge in [0.1, 0.15) is 11.9 Å². The first-order valence-electron chi connectivity index (χ1n) is 9.11. The maximum atomic E-state index is 12.8. The van der Waals surface area contributed by atoms with E-state index in [1.165, 1.54) is 12.5 Å². The molecule has 1 N–H and O–H groups in total. The smallest absolute Gasteiger partial charge is 0.248 e. The van der Waals surface area contributed by atoms with E-state index in [9.17, 15) is 9.59 Å². The summed E-state index contributed by atoms with van der Waals surface area (Å²) in [6.07, 6.45) is 4.38. The molecule has 3 rings (SSSR count). The lowest BCUT2D eigenvalue weighted by Gasteiger charge is -2.34. The van der Waals surface area contributed by atoms with Gasteiger partial charge in [-0.25, -0.2) is 4.68 Å². The molecule has 26 heavy (non-hydrogen) atoms. The fourth-order valence-electron chi connectivity index (χ4n) is 3.53. The molecule has 1 fully saturated rings. The van der Waals surface area contributed by atoms with Crippen molar-refractivity contribution in [1.82, 2.24) is 14.7 Å². The Bertz CT molecular complexity index is 812. The van der Waals surface area contributed by atoms with E-state index in [2.05, 4.69) is 29.5 Å². The lowest BCUT2D eigenvalue weighted by molar-refractivity contribution is -0.138. The van der Waals surface area contributed by atoms with Gasteiger partial charge >= 0.3 is 0 Å². The molecule has 0 aliphatic carbocycles. The van der Waals surface area contributed by atoms with Crippen LogP contribution in [-0.2, 0) is 16.1 Å². The van der Waals surface area contributed by atoms with Gasteiger partial charge < -0.3 is 10.2 Å². The van der Waals surface area contributed by atoms with Gasteiger partial charge in [0.15, 0.2) is 0 Å². The Hall–Kier alpha value is -2.63.